The number of para-hydroxylation sites is 1. The summed E-state index contributed by atoms with van der Waals surface area (Å²) in [6.07, 6.45) is 3.52. The van der Waals surface area contributed by atoms with Gasteiger partial charge in [0.15, 0.2) is 5.90 Å². The van der Waals surface area contributed by atoms with Crippen LogP contribution in [0.15, 0.2) is 53.5 Å². The van der Waals surface area contributed by atoms with E-state index in [-0.39, 0.29) is 5.97 Å². The molecule has 0 aliphatic heterocycles. The highest BCUT2D eigenvalue weighted by Crippen LogP contribution is 2.16. The molecule has 24 heavy (non-hydrogen) atoms. The molecule has 0 aliphatic rings. The van der Waals surface area contributed by atoms with Gasteiger partial charge in [0, 0.05) is 6.42 Å². The largest absolute Gasteiger partial charge is 0.408 e. The van der Waals surface area contributed by atoms with E-state index in [1.165, 1.54) is 11.1 Å². The third kappa shape index (κ3) is 5.05. The first-order valence-corrected chi connectivity index (χ1v) is 8.58. The monoisotopic (exact) mass is 323 g/mol. The SMILES string of the molecule is CCCC(=Nc1ccccc1)OC(=O)c1ccc(C)c(CCC)c1. The minimum absolute atomic E-state index is 0.338. The minimum Gasteiger partial charge on any atom is -0.408 e. The molecule has 3 nitrogen and oxygen atoms in total. The molecule has 0 bridgehead atoms. The second-order valence-corrected chi connectivity index (χ2v) is 5.87. The quantitative estimate of drug-likeness (QED) is 0.392. The smallest absolute Gasteiger partial charge is 0.344 e. The molecular formula is C21H25NO2. The number of carbonyl (C=O) groups is 1. The molecule has 0 N–H and O–H groups in total. The Labute approximate surface area is 144 Å². The van der Waals surface area contributed by atoms with E-state index in [1.54, 1.807) is 0 Å². The minimum atomic E-state index is -0.338. The van der Waals surface area contributed by atoms with E-state index in [2.05, 4.69) is 18.8 Å². The van der Waals surface area contributed by atoms with Gasteiger partial charge in [0.2, 0.25) is 0 Å². The number of carbonyl (C=O) groups excluding carboxylic acids is 1. The first kappa shape index (κ1) is 17.9. The number of hydrogen-bond acceptors (Lipinski definition) is 3. The van der Waals surface area contributed by atoms with E-state index in [0.717, 1.165) is 24.9 Å². The lowest BCUT2D eigenvalue weighted by Crippen LogP contribution is -2.13. The number of esters is 1. The highest BCUT2D eigenvalue weighted by atomic mass is 16.5. The van der Waals surface area contributed by atoms with Crippen molar-refractivity contribution in [2.75, 3.05) is 0 Å². The Morgan fingerprint density at radius 1 is 1.04 bits per heavy atom. The summed E-state index contributed by atoms with van der Waals surface area (Å²) in [5.41, 5.74) is 3.79. The molecule has 0 fully saturated rings. The van der Waals surface area contributed by atoms with E-state index in [1.807, 2.05) is 55.5 Å². The van der Waals surface area contributed by atoms with Gasteiger partial charge in [-0.25, -0.2) is 9.79 Å². The van der Waals surface area contributed by atoms with Gasteiger partial charge in [-0.3, -0.25) is 0 Å². The standard InChI is InChI=1S/C21H25NO2/c1-4-9-17-15-18(14-13-16(17)3)21(23)24-20(10-5-2)22-19-11-7-6-8-12-19/h6-8,11-15H,4-5,9-10H2,1-3H3. The average Bonchev–Trinajstić information content (AvgIpc) is 2.58. The van der Waals surface area contributed by atoms with Crippen LogP contribution in [0.25, 0.3) is 0 Å². The van der Waals surface area contributed by atoms with Gasteiger partial charge in [0.25, 0.3) is 0 Å². The molecule has 0 radical (unpaired) electrons. The molecular weight excluding hydrogens is 298 g/mol. The molecule has 2 rings (SSSR count). The van der Waals surface area contributed by atoms with Crippen molar-refractivity contribution in [3.8, 4) is 0 Å². The second-order valence-electron chi connectivity index (χ2n) is 5.87. The van der Waals surface area contributed by atoms with Gasteiger partial charge in [0.1, 0.15) is 0 Å². The Balaban J connectivity index is 2.19. The molecule has 0 aromatic heterocycles. The summed E-state index contributed by atoms with van der Waals surface area (Å²) < 4.78 is 5.56. The number of benzene rings is 2. The van der Waals surface area contributed by atoms with Crippen molar-refractivity contribution in [3.63, 3.8) is 0 Å². The van der Waals surface area contributed by atoms with Crippen molar-refractivity contribution in [2.24, 2.45) is 4.99 Å². The van der Waals surface area contributed by atoms with Crippen molar-refractivity contribution >= 4 is 17.6 Å². The fourth-order valence-electron chi connectivity index (χ4n) is 2.49. The highest BCUT2D eigenvalue weighted by Gasteiger charge is 2.13. The van der Waals surface area contributed by atoms with Gasteiger partial charge in [-0.15, -0.1) is 0 Å². The first-order valence-electron chi connectivity index (χ1n) is 8.58. The Morgan fingerprint density at radius 3 is 2.46 bits per heavy atom. The molecule has 0 spiro atoms. The van der Waals surface area contributed by atoms with Gasteiger partial charge in [-0.1, -0.05) is 44.5 Å². The predicted molar refractivity (Wildman–Crippen MR) is 99.0 cm³/mol. The van der Waals surface area contributed by atoms with Crippen molar-refractivity contribution in [1.82, 2.24) is 0 Å². The Morgan fingerprint density at radius 2 is 1.79 bits per heavy atom. The Kier molecular flexibility index (Phi) is 6.74. The van der Waals surface area contributed by atoms with Crippen LogP contribution in [0.3, 0.4) is 0 Å². The zero-order valence-electron chi connectivity index (χ0n) is 14.7. The highest BCUT2D eigenvalue weighted by molar-refractivity contribution is 5.99. The average molecular weight is 323 g/mol. The normalized spacial score (nSPS) is 11.4. The third-order valence-corrected chi connectivity index (χ3v) is 3.79. The molecule has 0 atom stereocenters. The van der Waals surface area contributed by atoms with Crippen LogP contribution in [0.4, 0.5) is 5.69 Å². The number of ether oxygens (including phenoxy) is 1. The van der Waals surface area contributed by atoms with Crippen LogP contribution in [-0.4, -0.2) is 11.9 Å². The van der Waals surface area contributed by atoms with E-state index in [9.17, 15) is 4.79 Å². The molecule has 3 heteroatoms. The molecule has 0 amide bonds. The molecule has 0 unspecified atom stereocenters. The van der Waals surface area contributed by atoms with Crippen LogP contribution in [0, 0.1) is 6.92 Å². The van der Waals surface area contributed by atoms with E-state index < -0.39 is 0 Å². The maximum absolute atomic E-state index is 12.5. The van der Waals surface area contributed by atoms with E-state index in [0.29, 0.717) is 17.9 Å². The first-order chi connectivity index (χ1) is 11.6. The van der Waals surface area contributed by atoms with E-state index >= 15 is 0 Å². The van der Waals surface area contributed by atoms with Gasteiger partial charge in [-0.2, -0.15) is 0 Å². The van der Waals surface area contributed by atoms with Gasteiger partial charge in [-0.05, 0) is 55.2 Å². The van der Waals surface area contributed by atoms with Crippen molar-refractivity contribution < 1.29 is 9.53 Å². The van der Waals surface area contributed by atoms with Crippen molar-refractivity contribution in [3.05, 3.63) is 65.2 Å². The number of hydrogen-bond donors (Lipinski definition) is 0. The Hall–Kier alpha value is -2.42. The van der Waals surface area contributed by atoms with Crippen LogP contribution >= 0.6 is 0 Å². The van der Waals surface area contributed by atoms with Gasteiger partial charge in [0.05, 0.1) is 11.3 Å². The molecule has 0 saturated carbocycles. The number of rotatable bonds is 6. The van der Waals surface area contributed by atoms with Crippen molar-refractivity contribution in [2.45, 2.75) is 46.5 Å². The fourth-order valence-corrected chi connectivity index (χ4v) is 2.49. The molecule has 2 aromatic carbocycles. The summed E-state index contributed by atoms with van der Waals surface area (Å²) in [6.45, 7) is 6.25. The van der Waals surface area contributed by atoms with Crippen LogP contribution in [0.1, 0.15) is 54.6 Å². The van der Waals surface area contributed by atoms with Crippen LogP contribution in [0.5, 0.6) is 0 Å². The number of aryl methyl sites for hydroxylation is 2. The fraction of sp³-hybridized carbons (Fsp3) is 0.333. The summed E-state index contributed by atoms with van der Waals surface area (Å²) >= 11 is 0. The van der Waals surface area contributed by atoms with Gasteiger partial charge < -0.3 is 4.74 Å². The lowest BCUT2D eigenvalue weighted by molar-refractivity contribution is 0.0711. The number of aliphatic imine (C=N–C) groups is 1. The lowest BCUT2D eigenvalue weighted by Gasteiger charge is -2.10. The topological polar surface area (TPSA) is 38.7 Å². The maximum atomic E-state index is 12.5. The van der Waals surface area contributed by atoms with Gasteiger partial charge >= 0.3 is 5.97 Å². The second kappa shape index (κ2) is 9.02. The maximum Gasteiger partial charge on any atom is 0.344 e. The molecule has 126 valence electrons. The summed E-state index contributed by atoms with van der Waals surface area (Å²) in [6, 6.07) is 15.3. The molecule has 2 aromatic rings. The van der Waals surface area contributed by atoms with Crippen LogP contribution < -0.4 is 0 Å². The van der Waals surface area contributed by atoms with Crippen LogP contribution in [0.2, 0.25) is 0 Å². The van der Waals surface area contributed by atoms with Crippen molar-refractivity contribution in [1.29, 1.82) is 0 Å². The molecule has 0 aliphatic carbocycles. The predicted octanol–water partition coefficient (Wildman–Crippen LogP) is 5.63. The molecule has 0 saturated heterocycles. The number of nitrogens with zero attached hydrogens (tertiary/aromatic N) is 1. The lowest BCUT2D eigenvalue weighted by atomic mass is 10.0. The Bertz CT molecular complexity index is 705. The summed E-state index contributed by atoms with van der Waals surface area (Å²) in [5.74, 6) is 0.127. The zero-order valence-corrected chi connectivity index (χ0v) is 14.7. The third-order valence-electron chi connectivity index (χ3n) is 3.79. The zero-order chi connectivity index (χ0) is 17.4. The molecule has 0 heterocycles. The van der Waals surface area contributed by atoms with E-state index in [4.69, 9.17) is 4.74 Å². The van der Waals surface area contributed by atoms with Crippen LogP contribution in [-0.2, 0) is 11.2 Å². The summed E-state index contributed by atoms with van der Waals surface area (Å²) in [4.78, 5) is 16.9. The summed E-state index contributed by atoms with van der Waals surface area (Å²) in [7, 11) is 0. The summed E-state index contributed by atoms with van der Waals surface area (Å²) in [5, 5.41) is 0.